The van der Waals surface area contributed by atoms with E-state index < -0.39 is 0 Å². The van der Waals surface area contributed by atoms with Gasteiger partial charge in [-0.1, -0.05) is 29.8 Å². The topological polar surface area (TPSA) is 66.9 Å². The van der Waals surface area contributed by atoms with E-state index >= 15 is 0 Å². The molecule has 0 spiro atoms. The predicted molar refractivity (Wildman–Crippen MR) is 110 cm³/mol. The highest BCUT2D eigenvalue weighted by Gasteiger charge is 2.13. The Bertz CT molecular complexity index is 925. The number of amides is 1. The molecule has 28 heavy (non-hydrogen) atoms. The molecule has 2 aromatic heterocycles. The fraction of sp³-hybridized carbons (Fsp3) is 0.150. The lowest BCUT2D eigenvalue weighted by atomic mass is 10.1. The summed E-state index contributed by atoms with van der Waals surface area (Å²) in [6.45, 7) is 0.845. The molecule has 5 nitrogen and oxygen atoms in total. The molecule has 0 aliphatic rings. The number of carbonyl (C=O) groups is 1. The molecule has 8 heteroatoms. The number of rotatable bonds is 7. The average Bonchev–Trinajstić information content (AvgIpc) is 2.67. The van der Waals surface area contributed by atoms with Crippen LogP contribution in [0.2, 0.25) is 5.15 Å². The molecule has 0 unspecified atom stereocenters. The van der Waals surface area contributed by atoms with Crippen molar-refractivity contribution in [2.75, 3.05) is 11.9 Å². The van der Waals surface area contributed by atoms with Crippen molar-refractivity contribution in [3.63, 3.8) is 0 Å². The van der Waals surface area contributed by atoms with E-state index in [9.17, 15) is 9.18 Å². The maximum atomic E-state index is 13.3. The zero-order chi connectivity index (χ0) is 19.1. The number of halogens is 3. The number of nitrogens with zero attached hydrogens (tertiary/aromatic N) is 2. The normalized spacial score (nSPS) is 10.1. The first-order valence-electron chi connectivity index (χ1n) is 8.44. The molecule has 1 aromatic carbocycles. The lowest BCUT2D eigenvalue weighted by molar-refractivity contribution is 0.0951. The Hall–Kier alpha value is -2.70. The van der Waals surface area contributed by atoms with Gasteiger partial charge in [-0.2, -0.15) is 0 Å². The maximum absolute atomic E-state index is 13.3. The van der Waals surface area contributed by atoms with Gasteiger partial charge in [-0.15, -0.1) is 12.4 Å². The Labute approximate surface area is 173 Å². The van der Waals surface area contributed by atoms with Crippen molar-refractivity contribution in [1.82, 2.24) is 15.3 Å². The summed E-state index contributed by atoms with van der Waals surface area (Å²) in [4.78, 5) is 20.7. The summed E-state index contributed by atoms with van der Waals surface area (Å²) in [6.07, 6.45) is 3.95. The van der Waals surface area contributed by atoms with Crippen LogP contribution in [0.1, 0.15) is 21.5 Å². The van der Waals surface area contributed by atoms with Crippen molar-refractivity contribution >= 4 is 35.7 Å². The summed E-state index contributed by atoms with van der Waals surface area (Å²) in [5, 5.41) is 6.23. The monoisotopic (exact) mass is 420 g/mol. The van der Waals surface area contributed by atoms with E-state index in [2.05, 4.69) is 20.6 Å². The Balaban J connectivity index is 0.00000280. The van der Waals surface area contributed by atoms with Crippen LogP contribution < -0.4 is 10.6 Å². The van der Waals surface area contributed by atoms with Crippen LogP contribution in [0.4, 0.5) is 10.2 Å². The van der Waals surface area contributed by atoms with Crippen LogP contribution in [0.3, 0.4) is 0 Å². The summed E-state index contributed by atoms with van der Waals surface area (Å²) in [5.74, 6) is -0.150. The van der Waals surface area contributed by atoms with Gasteiger partial charge < -0.3 is 10.6 Å². The highest BCUT2D eigenvalue weighted by Crippen LogP contribution is 2.17. The number of hydrogen-bond acceptors (Lipinski definition) is 4. The zero-order valence-electron chi connectivity index (χ0n) is 14.9. The number of pyridine rings is 2. The van der Waals surface area contributed by atoms with Gasteiger partial charge in [-0.25, -0.2) is 9.37 Å². The van der Waals surface area contributed by atoms with Crippen LogP contribution in [0.25, 0.3) is 0 Å². The van der Waals surface area contributed by atoms with E-state index in [-0.39, 0.29) is 29.3 Å². The second kappa shape index (κ2) is 10.6. The number of carbonyl (C=O) groups excluding carboxylic acids is 1. The highest BCUT2D eigenvalue weighted by molar-refractivity contribution is 6.29. The number of nitrogens with one attached hydrogen (secondary N) is 2. The van der Waals surface area contributed by atoms with Crippen LogP contribution in [-0.2, 0) is 13.0 Å². The van der Waals surface area contributed by atoms with E-state index in [1.165, 1.54) is 12.1 Å². The van der Waals surface area contributed by atoms with Gasteiger partial charge in [-0.3, -0.25) is 9.78 Å². The number of aromatic nitrogens is 2. The smallest absolute Gasteiger partial charge is 0.255 e. The maximum Gasteiger partial charge on any atom is 0.255 e. The molecule has 0 fully saturated rings. The third-order valence-corrected chi connectivity index (χ3v) is 4.09. The molecule has 2 N–H and O–H groups in total. The molecule has 0 saturated heterocycles. The van der Waals surface area contributed by atoms with Gasteiger partial charge in [0.2, 0.25) is 0 Å². The van der Waals surface area contributed by atoms with E-state index in [0.717, 1.165) is 11.1 Å². The molecular formula is C20H19Cl2FN4O. The quantitative estimate of drug-likeness (QED) is 0.559. The first kappa shape index (κ1) is 21.6. The summed E-state index contributed by atoms with van der Waals surface area (Å²) in [7, 11) is 0. The van der Waals surface area contributed by atoms with Crippen molar-refractivity contribution < 1.29 is 9.18 Å². The van der Waals surface area contributed by atoms with Crippen LogP contribution >= 0.6 is 24.0 Å². The molecule has 3 aromatic rings. The van der Waals surface area contributed by atoms with Crippen LogP contribution in [0, 0.1) is 5.82 Å². The molecule has 0 atom stereocenters. The van der Waals surface area contributed by atoms with Gasteiger partial charge in [-0.05, 0) is 47.9 Å². The van der Waals surface area contributed by atoms with Gasteiger partial charge >= 0.3 is 0 Å². The summed E-state index contributed by atoms with van der Waals surface area (Å²) in [5.41, 5.74) is 2.14. The van der Waals surface area contributed by atoms with Gasteiger partial charge in [0.1, 0.15) is 16.8 Å². The third-order valence-electron chi connectivity index (χ3n) is 3.88. The molecule has 2 heterocycles. The van der Waals surface area contributed by atoms with Gasteiger partial charge in [0, 0.05) is 25.5 Å². The summed E-state index contributed by atoms with van der Waals surface area (Å²) >= 11 is 5.97. The SMILES string of the molecule is Cl.O=C(NCc1cccnc1)c1ccc(Cl)nc1NCCc1cccc(F)c1. The number of anilines is 1. The van der Waals surface area contributed by atoms with E-state index in [4.69, 9.17) is 11.6 Å². The molecule has 0 bridgehead atoms. The minimum Gasteiger partial charge on any atom is -0.369 e. The molecule has 0 saturated carbocycles. The molecule has 0 aliphatic heterocycles. The second-order valence-corrected chi connectivity index (χ2v) is 6.27. The lowest BCUT2D eigenvalue weighted by Gasteiger charge is -2.12. The van der Waals surface area contributed by atoms with Crippen molar-refractivity contribution in [3.8, 4) is 0 Å². The van der Waals surface area contributed by atoms with Crippen molar-refractivity contribution in [1.29, 1.82) is 0 Å². The van der Waals surface area contributed by atoms with Crippen molar-refractivity contribution in [2.24, 2.45) is 0 Å². The van der Waals surface area contributed by atoms with Crippen LogP contribution in [0.15, 0.2) is 60.9 Å². The number of benzene rings is 1. The second-order valence-electron chi connectivity index (χ2n) is 5.88. The summed E-state index contributed by atoms with van der Waals surface area (Å²) < 4.78 is 13.3. The zero-order valence-corrected chi connectivity index (χ0v) is 16.4. The van der Waals surface area contributed by atoms with E-state index in [1.54, 1.807) is 30.6 Å². The molecule has 3 rings (SSSR count). The van der Waals surface area contributed by atoms with E-state index in [0.29, 0.717) is 30.9 Å². The Morgan fingerprint density at radius 1 is 1.11 bits per heavy atom. The highest BCUT2D eigenvalue weighted by atomic mass is 35.5. The standard InChI is InChI=1S/C20H18ClFN4O.ClH/c21-18-7-6-17(20(27)25-13-15-4-2-9-23-12-15)19(26-18)24-10-8-14-3-1-5-16(22)11-14;/h1-7,9,11-12H,8,10,13H2,(H,24,26)(H,25,27);1H. The average molecular weight is 421 g/mol. The van der Waals surface area contributed by atoms with Crippen LogP contribution in [0.5, 0.6) is 0 Å². The van der Waals surface area contributed by atoms with Crippen molar-refractivity contribution in [3.05, 3.63) is 88.6 Å². The molecule has 0 aliphatic carbocycles. The molecule has 0 radical (unpaired) electrons. The number of hydrogen-bond donors (Lipinski definition) is 2. The van der Waals surface area contributed by atoms with Gasteiger partial charge in [0.25, 0.3) is 5.91 Å². The van der Waals surface area contributed by atoms with Crippen molar-refractivity contribution in [2.45, 2.75) is 13.0 Å². The van der Waals surface area contributed by atoms with Crippen LogP contribution in [-0.4, -0.2) is 22.4 Å². The first-order valence-corrected chi connectivity index (χ1v) is 8.81. The fourth-order valence-corrected chi connectivity index (χ4v) is 2.70. The largest absolute Gasteiger partial charge is 0.369 e. The van der Waals surface area contributed by atoms with E-state index in [1.807, 2.05) is 18.2 Å². The first-order chi connectivity index (χ1) is 13.1. The third kappa shape index (κ3) is 6.18. The predicted octanol–water partition coefficient (Wildman–Crippen LogP) is 4.28. The molecule has 146 valence electrons. The minimum absolute atomic E-state index is 0. The Morgan fingerprint density at radius 2 is 1.93 bits per heavy atom. The Kier molecular flexibility index (Phi) is 8.17. The van der Waals surface area contributed by atoms with Gasteiger partial charge in [0.15, 0.2) is 0 Å². The molecular weight excluding hydrogens is 402 g/mol. The molecule has 1 amide bonds. The Morgan fingerprint density at radius 3 is 2.68 bits per heavy atom. The minimum atomic E-state index is -0.274. The summed E-state index contributed by atoms with van der Waals surface area (Å²) in [6, 6.07) is 13.3. The lowest BCUT2D eigenvalue weighted by Crippen LogP contribution is -2.24. The van der Waals surface area contributed by atoms with Gasteiger partial charge in [0.05, 0.1) is 5.56 Å². The fourth-order valence-electron chi connectivity index (χ4n) is 2.55.